The molecule has 1 aromatic carbocycles. The van der Waals surface area contributed by atoms with Crippen LogP contribution in [0, 0.1) is 5.92 Å². The van der Waals surface area contributed by atoms with Gasteiger partial charge in [0, 0.05) is 37.5 Å². The molecule has 0 fully saturated rings. The van der Waals surface area contributed by atoms with Gasteiger partial charge in [-0.3, -0.25) is 4.90 Å². The lowest BCUT2D eigenvalue weighted by Gasteiger charge is -2.24. The first-order valence-electron chi connectivity index (χ1n) is 6.28. The summed E-state index contributed by atoms with van der Waals surface area (Å²) in [7, 11) is 1.72. The van der Waals surface area contributed by atoms with Gasteiger partial charge in [0.25, 0.3) is 0 Å². The van der Waals surface area contributed by atoms with Gasteiger partial charge in [-0.25, -0.2) is 0 Å². The van der Waals surface area contributed by atoms with Crippen molar-refractivity contribution in [2.75, 3.05) is 32.5 Å². The van der Waals surface area contributed by atoms with Crippen LogP contribution in [0.2, 0.25) is 5.02 Å². The molecule has 0 saturated heterocycles. The van der Waals surface area contributed by atoms with Crippen LogP contribution in [0.15, 0.2) is 18.2 Å². The van der Waals surface area contributed by atoms with Crippen LogP contribution in [0.4, 0.5) is 5.69 Å². The molecule has 0 heterocycles. The van der Waals surface area contributed by atoms with E-state index in [9.17, 15) is 0 Å². The van der Waals surface area contributed by atoms with Crippen LogP contribution >= 0.6 is 11.6 Å². The highest BCUT2D eigenvalue weighted by molar-refractivity contribution is 6.30. The van der Waals surface area contributed by atoms with Crippen molar-refractivity contribution in [1.82, 2.24) is 4.90 Å². The number of ether oxygens (including phenoxy) is 1. The Balaban J connectivity index is 2.71. The lowest BCUT2D eigenvalue weighted by molar-refractivity contribution is 0.136. The van der Waals surface area contributed by atoms with Crippen molar-refractivity contribution < 1.29 is 4.74 Å². The van der Waals surface area contributed by atoms with Gasteiger partial charge in [-0.15, -0.1) is 0 Å². The average Bonchev–Trinajstić information content (AvgIpc) is 2.30. The summed E-state index contributed by atoms with van der Waals surface area (Å²) < 4.78 is 5.15. The number of rotatable bonds is 7. The van der Waals surface area contributed by atoms with Crippen LogP contribution in [0.25, 0.3) is 0 Å². The summed E-state index contributed by atoms with van der Waals surface area (Å²) in [6.45, 7) is 7.89. The number of nitrogens with two attached hydrogens (primary N) is 1. The standard InChI is InChI=1S/C14H23ClN2O/c1-11(2)9-17(6-7-18-3)10-12-8-13(15)4-5-14(12)16/h4-5,8,11H,6-7,9-10,16H2,1-3H3. The number of methoxy groups -OCH3 is 1. The van der Waals surface area contributed by atoms with Crippen LogP contribution in [-0.4, -0.2) is 31.7 Å². The number of halogens is 1. The quantitative estimate of drug-likeness (QED) is 0.774. The number of hydrogen-bond donors (Lipinski definition) is 1. The van der Waals surface area contributed by atoms with Crippen molar-refractivity contribution in [2.45, 2.75) is 20.4 Å². The smallest absolute Gasteiger partial charge is 0.0589 e. The molecule has 1 rings (SSSR count). The van der Waals surface area contributed by atoms with Crippen molar-refractivity contribution in [3.8, 4) is 0 Å². The summed E-state index contributed by atoms with van der Waals surface area (Å²) >= 11 is 6.01. The number of nitrogen functional groups attached to an aromatic ring is 1. The number of benzene rings is 1. The van der Waals surface area contributed by atoms with Crippen molar-refractivity contribution in [3.63, 3.8) is 0 Å². The molecule has 0 amide bonds. The van der Waals surface area contributed by atoms with E-state index >= 15 is 0 Å². The van der Waals surface area contributed by atoms with Gasteiger partial charge >= 0.3 is 0 Å². The Morgan fingerprint density at radius 3 is 2.72 bits per heavy atom. The molecule has 0 aliphatic heterocycles. The molecule has 0 bridgehead atoms. The lowest BCUT2D eigenvalue weighted by Crippen LogP contribution is -2.30. The van der Waals surface area contributed by atoms with Gasteiger partial charge < -0.3 is 10.5 Å². The molecule has 0 aliphatic rings. The molecule has 0 saturated carbocycles. The third-order valence-electron chi connectivity index (χ3n) is 2.73. The van der Waals surface area contributed by atoms with Crippen molar-refractivity contribution in [1.29, 1.82) is 0 Å². The van der Waals surface area contributed by atoms with E-state index in [1.807, 2.05) is 18.2 Å². The molecule has 0 unspecified atom stereocenters. The van der Waals surface area contributed by atoms with Gasteiger partial charge in [-0.2, -0.15) is 0 Å². The van der Waals surface area contributed by atoms with Crippen molar-refractivity contribution >= 4 is 17.3 Å². The van der Waals surface area contributed by atoms with E-state index in [0.29, 0.717) is 5.92 Å². The zero-order valence-electron chi connectivity index (χ0n) is 11.4. The predicted molar refractivity (Wildman–Crippen MR) is 77.9 cm³/mol. The first-order chi connectivity index (χ1) is 8.52. The molecular weight excluding hydrogens is 248 g/mol. The van der Waals surface area contributed by atoms with Crippen LogP contribution in [0.5, 0.6) is 0 Å². The summed E-state index contributed by atoms with van der Waals surface area (Å²) in [5, 5.41) is 0.732. The van der Waals surface area contributed by atoms with Crippen LogP contribution in [0.3, 0.4) is 0 Å². The Morgan fingerprint density at radius 1 is 1.39 bits per heavy atom. The fourth-order valence-corrected chi connectivity index (χ4v) is 2.12. The monoisotopic (exact) mass is 270 g/mol. The van der Waals surface area contributed by atoms with Crippen LogP contribution in [-0.2, 0) is 11.3 Å². The Kier molecular flexibility index (Phi) is 6.47. The van der Waals surface area contributed by atoms with E-state index in [-0.39, 0.29) is 0 Å². The van der Waals surface area contributed by atoms with Crippen LogP contribution < -0.4 is 5.73 Å². The second-order valence-electron chi connectivity index (χ2n) is 4.96. The Hall–Kier alpha value is -0.770. The SMILES string of the molecule is COCCN(Cc1cc(Cl)ccc1N)CC(C)C. The van der Waals surface area contributed by atoms with Gasteiger partial charge in [-0.05, 0) is 29.7 Å². The van der Waals surface area contributed by atoms with E-state index in [2.05, 4.69) is 18.7 Å². The number of anilines is 1. The topological polar surface area (TPSA) is 38.5 Å². The average molecular weight is 271 g/mol. The minimum Gasteiger partial charge on any atom is -0.398 e. The molecule has 0 aromatic heterocycles. The minimum atomic E-state index is 0.613. The first-order valence-corrected chi connectivity index (χ1v) is 6.66. The third-order valence-corrected chi connectivity index (χ3v) is 2.97. The van der Waals surface area contributed by atoms with Gasteiger partial charge in [0.1, 0.15) is 0 Å². The fraction of sp³-hybridized carbons (Fsp3) is 0.571. The molecule has 18 heavy (non-hydrogen) atoms. The highest BCUT2D eigenvalue weighted by Gasteiger charge is 2.10. The second-order valence-corrected chi connectivity index (χ2v) is 5.40. The Morgan fingerprint density at radius 2 is 2.11 bits per heavy atom. The number of hydrogen-bond acceptors (Lipinski definition) is 3. The maximum Gasteiger partial charge on any atom is 0.0589 e. The highest BCUT2D eigenvalue weighted by Crippen LogP contribution is 2.20. The molecule has 4 heteroatoms. The van der Waals surface area contributed by atoms with E-state index in [1.165, 1.54) is 0 Å². The molecule has 102 valence electrons. The van der Waals surface area contributed by atoms with E-state index < -0.39 is 0 Å². The van der Waals surface area contributed by atoms with Gasteiger partial charge in [0.05, 0.1) is 6.61 Å². The molecule has 0 spiro atoms. The zero-order chi connectivity index (χ0) is 13.5. The molecule has 0 radical (unpaired) electrons. The van der Waals surface area contributed by atoms with Gasteiger partial charge in [0.15, 0.2) is 0 Å². The van der Waals surface area contributed by atoms with E-state index in [4.69, 9.17) is 22.1 Å². The van der Waals surface area contributed by atoms with E-state index in [1.54, 1.807) is 7.11 Å². The van der Waals surface area contributed by atoms with Gasteiger partial charge in [-0.1, -0.05) is 25.4 Å². The fourth-order valence-electron chi connectivity index (χ4n) is 1.92. The van der Waals surface area contributed by atoms with E-state index in [0.717, 1.165) is 42.5 Å². The highest BCUT2D eigenvalue weighted by atomic mass is 35.5. The van der Waals surface area contributed by atoms with Crippen molar-refractivity contribution in [3.05, 3.63) is 28.8 Å². The molecular formula is C14H23ClN2O. The minimum absolute atomic E-state index is 0.613. The Labute approximate surface area is 115 Å². The van der Waals surface area contributed by atoms with Crippen molar-refractivity contribution in [2.24, 2.45) is 5.92 Å². The molecule has 3 nitrogen and oxygen atoms in total. The predicted octanol–water partition coefficient (Wildman–Crippen LogP) is 3.03. The maximum atomic E-state index is 6.01. The molecule has 0 aliphatic carbocycles. The summed E-state index contributed by atoms with van der Waals surface area (Å²) in [6, 6.07) is 5.63. The summed E-state index contributed by atoms with van der Waals surface area (Å²) in [4.78, 5) is 2.34. The summed E-state index contributed by atoms with van der Waals surface area (Å²) in [5.74, 6) is 0.613. The lowest BCUT2D eigenvalue weighted by atomic mass is 10.1. The zero-order valence-corrected chi connectivity index (χ0v) is 12.2. The Bertz CT molecular complexity index is 369. The summed E-state index contributed by atoms with van der Waals surface area (Å²) in [5.41, 5.74) is 7.86. The normalized spacial score (nSPS) is 11.4. The summed E-state index contributed by atoms with van der Waals surface area (Å²) in [6.07, 6.45) is 0. The maximum absolute atomic E-state index is 6.01. The van der Waals surface area contributed by atoms with Crippen LogP contribution in [0.1, 0.15) is 19.4 Å². The molecule has 2 N–H and O–H groups in total. The third kappa shape index (κ3) is 5.25. The molecule has 1 aromatic rings. The molecule has 0 atom stereocenters. The first kappa shape index (κ1) is 15.3. The largest absolute Gasteiger partial charge is 0.398 e. The number of nitrogens with zero attached hydrogens (tertiary/aromatic N) is 1. The van der Waals surface area contributed by atoms with Gasteiger partial charge in [0.2, 0.25) is 0 Å². The second kappa shape index (κ2) is 7.62.